The van der Waals surface area contributed by atoms with E-state index in [-0.39, 0.29) is 185 Å². The Bertz CT molecular complexity index is 3970. The highest BCUT2D eigenvalue weighted by Crippen LogP contribution is 2.46. The monoisotopic (exact) mass is 2130 g/mol. The average Bonchev–Trinajstić information content (AvgIpc) is 1.28. The number of carbonyl (C=O) groups is 17. The van der Waals surface area contributed by atoms with Crippen LogP contribution in [-0.2, 0) is 189 Å². The minimum Gasteiger partial charge on any atom is -0.463 e. The Balaban J connectivity index is 1.48. The quantitative estimate of drug-likeness (QED) is 0.0195. The second-order valence-electron chi connectivity index (χ2n) is 36.7. The Labute approximate surface area is 866 Å². The summed E-state index contributed by atoms with van der Waals surface area (Å²) in [5.41, 5.74) is -0.843. The van der Waals surface area contributed by atoms with E-state index in [1.165, 1.54) is 46.2 Å². The van der Waals surface area contributed by atoms with E-state index >= 15 is 0 Å². The number of amides is 8. The van der Waals surface area contributed by atoms with Crippen molar-refractivity contribution in [3.05, 3.63) is 11.9 Å². The number of carbonyl (C=O) groups excluding carboxylic acids is 17. The third-order valence-electron chi connectivity index (χ3n) is 22.5. The molecule has 16 atom stereocenters. The van der Waals surface area contributed by atoms with Crippen LogP contribution in [0.1, 0.15) is 264 Å². The van der Waals surface area contributed by atoms with Gasteiger partial charge in [0.2, 0.25) is 47.3 Å². The summed E-state index contributed by atoms with van der Waals surface area (Å²) >= 11 is 0. The van der Waals surface area contributed by atoms with Crippen molar-refractivity contribution in [2.45, 2.75) is 376 Å². The first-order valence-corrected chi connectivity index (χ1v) is 51.9. The predicted molar refractivity (Wildman–Crippen MR) is 521 cm³/mol. The number of esters is 9. The Morgan fingerprint density at radius 1 is 0.378 bits per heavy atom. The molecule has 840 valence electrons. The molecule has 0 saturated carbocycles. The van der Waals surface area contributed by atoms with Gasteiger partial charge in [-0.25, -0.2) is 4.67 Å². The van der Waals surface area contributed by atoms with Gasteiger partial charge in [0.15, 0.2) is 55.5 Å². The van der Waals surface area contributed by atoms with Crippen LogP contribution in [0.15, 0.2) is 6.20 Å². The van der Waals surface area contributed by atoms with Gasteiger partial charge >= 0.3 is 53.7 Å². The van der Waals surface area contributed by atoms with Crippen molar-refractivity contribution in [3.63, 3.8) is 0 Å². The first-order chi connectivity index (χ1) is 70.5. The van der Waals surface area contributed by atoms with Crippen molar-refractivity contribution in [1.29, 1.82) is 5.26 Å². The fourth-order valence-corrected chi connectivity index (χ4v) is 17.7. The van der Waals surface area contributed by atoms with Crippen LogP contribution >= 0.6 is 8.53 Å². The lowest BCUT2D eigenvalue weighted by Gasteiger charge is -2.44. The Kier molecular flexibility index (Phi) is 64.6. The van der Waals surface area contributed by atoms with E-state index in [4.69, 9.17) is 99.6 Å². The molecule has 3 fully saturated rings. The van der Waals surface area contributed by atoms with E-state index < -0.39 is 197 Å². The van der Waals surface area contributed by atoms with Gasteiger partial charge in [-0.1, -0.05) is 56.6 Å². The zero-order chi connectivity index (χ0) is 109. The summed E-state index contributed by atoms with van der Waals surface area (Å²) in [5, 5.41) is 40.3. The topological polar surface area (TPSA) is 629 Å². The summed E-state index contributed by atoms with van der Waals surface area (Å²) in [6, 6.07) is -0.961. The third kappa shape index (κ3) is 55.4. The van der Waals surface area contributed by atoms with E-state index in [0.29, 0.717) is 95.9 Å². The number of hydrogen-bond donors (Lipinski definition) is 8. The van der Waals surface area contributed by atoms with Gasteiger partial charge in [-0.05, 0) is 85.5 Å². The number of nitriles is 1. The molecule has 1 aromatic rings. The molecule has 148 heavy (non-hydrogen) atoms. The minimum absolute atomic E-state index is 0.0248. The smallest absolute Gasteiger partial charge is 0.303 e. The van der Waals surface area contributed by atoms with Crippen LogP contribution in [0, 0.1) is 16.7 Å². The third-order valence-corrected chi connectivity index (χ3v) is 24.6. The Hall–Kier alpha value is -10.4. The van der Waals surface area contributed by atoms with Crippen molar-refractivity contribution in [2.75, 3.05) is 119 Å². The van der Waals surface area contributed by atoms with Gasteiger partial charge in [0.1, 0.15) is 62.0 Å². The van der Waals surface area contributed by atoms with E-state index in [2.05, 4.69) is 91.3 Å². The maximum Gasteiger partial charge on any atom is 0.303 e. The molecule has 1 aromatic heterocycles. The minimum atomic E-state index is -1.34. The molecule has 10 unspecified atom stereocenters. The molecule has 8 amide bonds. The largest absolute Gasteiger partial charge is 0.463 e. The number of rotatable bonds is 76. The zero-order valence-corrected chi connectivity index (χ0v) is 89.5. The molecule has 8 N–H and O–H groups in total. The van der Waals surface area contributed by atoms with Crippen LogP contribution in [0.2, 0.25) is 0 Å². The molecule has 3 aliphatic heterocycles. The number of aromatic nitrogens is 3. The molecule has 0 aliphatic carbocycles. The van der Waals surface area contributed by atoms with Crippen molar-refractivity contribution in [1.82, 2.24) is 62.2 Å². The van der Waals surface area contributed by atoms with Gasteiger partial charge in [0, 0.05) is 173 Å². The normalized spacial score (nSPS) is 21.1. The number of hydrogen-bond acceptors (Lipinski definition) is 41. The summed E-state index contributed by atoms with van der Waals surface area (Å²) in [7, 11) is -1.34. The molecule has 0 aromatic carbocycles. The summed E-state index contributed by atoms with van der Waals surface area (Å²) in [6.07, 6.45) is -2.96. The second kappa shape index (κ2) is 73.7. The number of nitrogens with one attached hydrogen (secondary N) is 8. The molecule has 3 aliphatic rings. The standard InChI is InChI=1S/C97H160N13O37P/c1-62(2)110(63(3)4)148(138-49-34-40-98)137-48-32-24-20-28-41-99-80(123)35-33-36-81(124)103-53-76-54-109(108-107-76)58-97(59-128-50-37-82(125)100-42-25-17-21-29-45-131-94-85(104-64(5)111)91(142-73(14)120)88(139-70(11)117)77(145-94)55-134-67(8)114,60-129-51-38-83(126)101-43-26-18-22-30-46-132-95-86(105-65(6)112)92(143-74(15)121)89(140-71(12)118)78(146-95)56-135-68(9)115)61-130-52-39-84(127)102-44-27-19-23-31-47-133-96-87(106-66(7)113)93(144-75(16)122)90(141-72(13)119)79(147-96)57-136-69(10)116/h54,62-63,77-79,85-96H,17-39,41-53,55-61H2,1-16H3,(H,99,123)(H,100,125)(H,101,126)(H,102,127)(H,103,124)(H,104,111)(H,105,112)(H,106,113)/t77?,78?,79?,85?,86?,87?,88-,89-,90-,91?,92?,93?,94+,95+,96+,97?,148?/m0/s1. The molecular formula is C97H160N13O37P. The van der Waals surface area contributed by atoms with E-state index in [0.717, 1.165) is 67.2 Å². The highest BCUT2D eigenvalue weighted by atomic mass is 31.2. The first-order valence-electron chi connectivity index (χ1n) is 50.7. The summed E-state index contributed by atoms with van der Waals surface area (Å²) in [4.78, 5) is 214. The summed E-state index contributed by atoms with van der Waals surface area (Å²) in [5.74, 6) is -9.68. The fraction of sp³-hybridized carbons (Fsp3) is 0.794. The highest BCUT2D eigenvalue weighted by Gasteiger charge is 2.55. The molecule has 4 rings (SSSR count). The molecule has 51 heteroatoms. The van der Waals surface area contributed by atoms with Gasteiger partial charge in [0.25, 0.3) is 8.53 Å². The number of ether oxygens (including phenoxy) is 18. The summed E-state index contributed by atoms with van der Waals surface area (Å²) in [6.45, 7) is 22.6. The Morgan fingerprint density at radius 3 is 0.980 bits per heavy atom. The average molecular weight is 2130 g/mol. The molecule has 50 nitrogen and oxygen atoms in total. The molecular weight excluding hydrogens is 1970 g/mol. The van der Waals surface area contributed by atoms with Crippen LogP contribution in [-0.4, -0.2) is 343 Å². The van der Waals surface area contributed by atoms with E-state index in [1.54, 1.807) is 6.20 Å². The number of unbranched alkanes of at least 4 members (excludes halogenated alkanes) is 12. The van der Waals surface area contributed by atoms with Crippen LogP contribution in [0.25, 0.3) is 0 Å². The van der Waals surface area contributed by atoms with Crippen LogP contribution in [0.3, 0.4) is 0 Å². The van der Waals surface area contributed by atoms with Crippen molar-refractivity contribution in [2.24, 2.45) is 5.41 Å². The van der Waals surface area contributed by atoms with Gasteiger partial charge < -0.3 is 137 Å². The van der Waals surface area contributed by atoms with Crippen LogP contribution < -0.4 is 42.5 Å². The van der Waals surface area contributed by atoms with Gasteiger partial charge in [-0.3, -0.25) is 86.2 Å². The fourth-order valence-electron chi connectivity index (χ4n) is 16.1. The maximum atomic E-state index is 13.5. The number of nitrogens with zero attached hydrogens (tertiary/aromatic N) is 5. The lowest BCUT2D eigenvalue weighted by molar-refractivity contribution is -0.277. The first kappa shape index (κ1) is 130. The Morgan fingerprint density at radius 2 is 0.676 bits per heavy atom. The molecule has 4 heterocycles. The van der Waals surface area contributed by atoms with E-state index in [9.17, 15) is 81.5 Å². The van der Waals surface area contributed by atoms with Crippen LogP contribution in [0.5, 0.6) is 0 Å². The molecule has 0 bridgehead atoms. The predicted octanol–water partition coefficient (Wildman–Crippen LogP) is 4.29. The SMILES string of the molecule is CC(=O)NC1C(OC(C)=O)[C@@H](OC(C)=O)C(COC(C)=O)O[C@H]1OCCCCCCNC(=O)CCOCC(COCCC(=O)NCCCCCCO[C@@H]1OC(COC(C)=O)[C@H](OC(C)=O)C(OC(C)=O)C1NC(C)=O)(COCCC(=O)NCCCCCCO[C@@H]1OC(COC(C)=O)[C@H](OC(C)=O)C(OC(C)=O)C1NC(C)=O)Cn1cc(CNC(=O)CCCC(=O)NCCCCCCOP(OCCC#N)N(C(C)C)C(C)C)nn1. The summed E-state index contributed by atoms with van der Waals surface area (Å²) < 4.78 is 120. The zero-order valence-electron chi connectivity index (χ0n) is 88.6. The van der Waals surface area contributed by atoms with E-state index in [1.807, 2.05) is 0 Å². The molecule has 0 radical (unpaired) electrons. The van der Waals surface area contributed by atoms with Crippen LogP contribution in [0.4, 0.5) is 0 Å². The van der Waals surface area contributed by atoms with Gasteiger partial charge in [0.05, 0.1) is 90.0 Å². The maximum absolute atomic E-state index is 13.5. The lowest BCUT2D eigenvalue weighted by Crippen LogP contribution is -2.66. The highest BCUT2D eigenvalue weighted by molar-refractivity contribution is 7.44. The second-order valence-corrected chi connectivity index (χ2v) is 38.1. The van der Waals surface area contributed by atoms with Gasteiger partial charge in [-0.2, -0.15) is 5.26 Å². The molecule has 0 spiro atoms. The van der Waals surface area contributed by atoms with Crippen molar-refractivity contribution < 1.29 is 176 Å². The van der Waals surface area contributed by atoms with Crippen molar-refractivity contribution in [3.8, 4) is 6.07 Å². The van der Waals surface area contributed by atoms with Gasteiger partial charge in [-0.15, -0.1) is 5.10 Å². The van der Waals surface area contributed by atoms with Crippen molar-refractivity contribution >= 4 is 110 Å². The molecule has 3 saturated heterocycles. The lowest BCUT2D eigenvalue weighted by atomic mass is 9.90.